The van der Waals surface area contributed by atoms with Crippen LogP contribution in [-0.2, 0) is 0 Å². The number of hydrogen-bond donors (Lipinski definition) is 0. The van der Waals surface area contributed by atoms with Crippen molar-refractivity contribution in [2.24, 2.45) is 9.98 Å². The van der Waals surface area contributed by atoms with Gasteiger partial charge in [-0.05, 0) is 6.92 Å². The van der Waals surface area contributed by atoms with Crippen LogP contribution in [0, 0.1) is 7.05 Å². The summed E-state index contributed by atoms with van der Waals surface area (Å²) in [5, 5.41) is 0. The Morgan fingerprint density at radius 2 is 2.25 bits per heavy atom. The summed E-state index contributed by atoms with van der Waals surface area (Å²) in [5.41, 5.74) is 0.796. The highest BCUT2D eigenvalue weighted by Crippen LogP contribution is 1.71. The quantitative estimate of drug-likeness (QED) is 0.479. The maximum atomic E-state index is 3.71. The molecule has 0 rings (SSSR count). The van der Waals surface area contributed by atoms with Crippen molar-refractivity contribution < 1.29 is 0 Å². The Bertz CT molecular complexity index is 122. The van der Waals surface area contributed by atoms with Crippen molar-refractivity contribution in [1.29, 1.82) is 0 Å². The van der Waals surface area contributed by atoms with Gasteiger partial charge in [0.15, 0.2) is 0 Å². The molecule has 0 aromatic carbocycles. The normalized spacial score (nSPS) is 12.5. The molecular formula is C6H9N2. The van der Waals surface area contributed by atoms with Gasteiger partial charge in [0.1, 0.15) is 0 Å². The van der Waals surface area contributed by atoms with E-state index in [2.05, 4.69) is 23.6 Å². The second kappa shape index (κ2) is 4.24. The third-order valence-corrected chi connectivity index (χ3v) is 0.616. The van der Waals surface area contributed by atoms with Gasteiger partial charge in [0, 0.05) is 12.4 Å². The fourth-order valence-corrected chi connectivity index (χ4v) is 0.201. The summed E-state index contributed by atoms with van der Waals surface area (Å²) in [4.78, 5) is 7.31. The van der Waals surface area contributed by atoms with E-state index in [1.165, 1.54) is 6.20 Å². The highest BCUT2D eigenvalue weighted by Gasteiger charge is 1.74. The summed E-state index contributed by atoms with van der Waals surface area (Å²) < 4.78 is 0. The van der Waals surface area contributed by atoms with E-state index in [-0.39, 0.29) is 0 Å². The van der Waals surface area contributed by atoms with E-state index >= 15 is 0 Å². The molecule has 8 heavy (non-hydrogen) atoms. The first-order valence-electron chi connectivity index (χ1n) is 2.25. The van der Waals surface area contributed by atoms with Gasteiger partial charge in [-0.1, -0.05) is 6.58 Å². The van der Waals surface area contributed by atoms with Gasteiger partial charge in [0.05, 0.1) is 12.8 Å². The monoisotopic (exact) mass is 109 g/mol. The molecule has 0 aliphatic rings. The Morgan fingerprint density at radius 1 is 1.62 bits per heavy atom. The fourth-order valence-electron chi connectivity index (χ4n) is 0.201. The lowest BCUT2D eigenvalue weighted by molar-refractivity contribution is 1.56. The van der Waals surface area contributed by atoms with Gasteiger partial charge in [0.2, 0.25) is 0 Å². The molecule has 0 heterocycles. The molecule has 0 unspecified atom stereocenters. The molecule has 0 amide bonds. The minimum Gasteiger partial charge on any atom is -0.287 e. The van der Waals surface area contributed by atoms with E-state index in [0.717, 1.165) is 5.71 Å². The first-order chi connectivity index (χ1) is 3.81. The molecule has 0 bridgehead atoms. The van der Waals surface area contributed by atoms with E-state index in [1.807, 2.05) is 6.92 Å². The molecule has 0 aromatic rings. The van der Waals surface area contributed by atoms with Crippen LogP contribution in [0.2, 0.25) is 0 Å². The molecule has 0 aromatic heterocycles. The third-order valence-electron chi connectivity index (χ3n) is 0.616. The lowest BCUT2D eigenvalue weighted by Gasteiger charge is -1.80. The van der Waals surface area contributed by atoms with Gasteiger partial charge >= 0.3 is 0 Å². The van der Waals surface area contributed by atoms with Crippen LogP contribution in [0.4, 0.5) is 0 Å². The SMILES string of the molecule is [CH2]N=C(C)C=NC=C. The van der Waals surface area contributed by atoms with Crippen LogP contribution in [0.5, 0.6) is 0 Å². The summed E-state index contributed by atoms with van der Waals surface area (Å²) >= 11 is 0. The van der Waals surface area contributed by atoms with Gasteiger partial charge in [-0.3, -0.25) is 9.98 Å². The van der Waals surface area contributed by atoms with Crippen molar-refractivity contribution in [3.8, 4) is 0 Å². The Balaban J connectivity index is 3.69. The van der Waals surface area contributed by atoms with Gasteiger partial charge in [-0.25, -0.2) is 0 Å². The van der Waals surface area contributed by atoms with Gasteiger partial charge < -0.3 is 0 Å². The summed E-state index contributed by atoms with van der Waals surface area (Å²) in [6, 6.07) is 0. The summed E-state index contributed by atoms with van der Waals surface area (Å²) in [6.45, 7) is 5.21. The van der Waals surface area contributed by atoms with Gasteiger partial charge in [-0.15, -0.1) is 0 Å². The average Bonchev–Trinajstić information content (AvgIpc) is 1.83. The zero-order valence-corrected chi connectivity index (χ0v) is 4.96. The maximum Gasteiger partial charge on any atom is 0.0589 e. The predicted octanol–water partition coefficient (Wildman–Crippen LogP) is 1.45. The zero-order valence-electron chi connectivity index (χ0n) is 4.96. The molecule has 0 saturated carbocycles. The molecule has 1 radical (unpaired) electrons. The molecule has 0 atom stereocenters. The predicted molar refractivity (Wildman–Crippen MR) is 37.2 cm³/mol. The summed E-state index contributed by atoms with van der Waals surface area (Å²) in [5.74, 6) is 0. The standard InChI is InChI=1S/C6H9N2/c1-4-8-5-6(2)7-3/h4-5H,1,3H2,2H3. The Hall–Kier alpha value is -0.920. The topological polar surface area (TPSA) is 24.7 Å². The van der Waals surface area contributed by atoms with E-state index in [1.54, 1.807) is 6.21 Å². The molecule has 43 valence electrons. The molecule has 2 nitrogen and oxygen atoms in total. The van der Waals surface area contributed by atoms with Crippen molar-refractivity contribution in [2.75, 3.05) is 0 Å². The molecule has 0 fully saturated rings. The number of aliphatic imine (C=N–C) groups is 2. The van der Waals surface area contributed by atoms with Crippen LogP contribution in [0.25, 0.3) is 0 Å². The molecule has 2 heteroatoms. The third kappa shape index (κ3) is 3.28. The van der Waals surface area contributed by atoms with Crippen LogP contribution < -0.4 is 0 Å². The van der Waals surface area contributed by atoms with Crippen LogP contribution in [-0.4, -0.2) is 11.9 Å². The molecule has 0 aliphatic carbocycles. The second-order valence-electron chi connectivity index (χ2n) is 1.26. The lowest BCUT2D eigenvalue weighted by Crippen LogP contribution is -1.88. The highest BCUT2D eigenvalue weighted by atomic mass is 14.7. The Labute approximate surface area is 49.7 Å². The number of nitrogens with zero attached hydrogens (tertiary/aromatic N) is 2. The van der Waals surface area contributed by atoms with Crippen LogP contribution >= 0.6 is 0 Å². The van der Waals surface area contributed by atoms with E-state index in [0.29, 0.717) is 0 Å². The number of rotatable bonds is 2. The molecule has 0 saturated heterocycles. The minimum absolute atomic E-state index is 0.796. The van der Waals surface area contributed by atoms with E-state index in [4.69, 9.17) is 0 Å². The molecule has 0 aliphatic heterocycles. The Kier molecular flexibility index (Phi) is 3.76. The lowest BCUT2D eigenvalue weighted by atomic mass is 10.5. The molecular weight excluding hydrogens is 100 g/mol. The van der Waals surface area contributed by atoms with Gasteiger partial charge in [0.25, 0.3) is 0 Å². The van der Waals surface area contributed by atoms with Crippen molar-refractivity contribution in [3.63, 3.8) is 0 Å². The van der Waals surface area contributed by atoms with Gasteiger partial charge in [-0.2, -0.15) is 0 Å². The molecule has 0 N–H and O–H groups in total. The van der Waals surface area contributed by atoms with Crippen LogP contribution in [0.1, 0.15) is 6.92 Å². The van der Waals surface area contributed by atoms with E-state index < -0.39 is 0 Å². The van der Waals surface area contributed by atoms with Crippen molar-refractivity contribution in [3.05, 3.63) is 19.8 Å². The molecule has 0 spiro atoms. The summed E-state index contributed by atoms with van der Waals surface area (Å²) in [7, 11) is 3.30. The second-order valence-corrected chi connectivity index (χ2v) is 1.26. The first-order valence-corrected chi connectivity index (χ1v) is 2.25. The van der Waals surface area contributed by atoms with Crippen LogP contribution in [0.15, 0.2) is 22.8 Å². The van der Waals surface area contributed by atoms with E-state index in [9.17, 15) is 0 Å². The fraction of sp³-hybridized carbons (Fsp3) is 0.167. The maximum absolute atomic E-state index is 3.71. The minimum atomic E-state index is 0.796. The van der Waals surface area contributed by atoms with Crippen molar-refractivity contribution in [2.45, 2.75) is 6.92 Å². The number of hydrogen-bond acceptors (Lipinski definition) is 2. The largest absolute Gasteiger partial charge is 0.287 e. The highest BCUT2D eigenvalue weighted by molar-refractivity contribution is 6.29. The smallest absolute Gasteiger partial charge is 0.0589 e. The Morgan fingerprint density at radius 3 is 2.62 bits per heavy atom. The van der Waals surface area contributed by atoms with Crippen molar-refractivity contribution in [1.82, 2.24) is 0 Å². The van der Waals surface area contributed by atoms with Crippen molar-refractivity contribution >= 4 is 11.9 Å². The average molecular weight is 109 g/mol. The summed E-state index contributed by atoms with van der Waals surface area (Å²) in [6.07, 6.45) is 3.05. The van der Waals surface area contributed by atoms with Crippen LogP contribution in [0.3, 0.4) is 0 Å². The first kappa shape index (κ1) is 7.08. The zero-order chi connectivity index (χ0) is 6.41.